The van der Waals surface area contributed by atoms with Gasteiger partial charge in [-0.1, -0.05) is 42.5 Å². The first-order valence-corrected chi connectivity index (χ1v) is 5.88. The van der Waals surface area contributed by atoms with Crippen LogP contribution in [0.25, 0.3) is 0 Å². The van der Waals surface area contributed by atoms with Crippen molar-refractivity contribution < 1.29 is 4.74 Å². The van der Waals surface area contributed by atoms with Crippen LogP contribution in [-0.2, 0) is 6.42 Å². The van der Waals surface area contributed by atoms with E-state index in [0.29, 0.717) is 0 Å². The van der Waals surface area contributed by atoms with E-state index >= 15 is 0 Å². The highest BCUT2D eigenvalue weighted by Gasteiger charge is 2.05. The molecule has 0 atom stereocenters. The number of benzene rings is 2. The maximum Gasteiger partial charge on any atom is 0.124 e. The molecule has 88 valence electrons. The van der Waals surface area contributed by atoms with Crippen LogP contribution >= 0.6 is 0 Å². The van der Waals surface area contributed by atoms with E-state index in [9.17, 15) is 0 Å². The molecule has 0 saturated carbocycles. The fourth-order valence-corrected chi connectivity index (χ4v) is 2.30. The Morgan fingerprint density at radius 1 is 0.882 bits per heavy atom. The summed E-state index contributed by atoms with van der Waals surface area (Å²) < 4.78 is 5.38. The zero-order chi connectivity index (χ0) is 12.3. The number of methoxy groups -OCH3 is 1. The minimum atomic E-state index is 0.979. The summed E-state index contributed by atoms with van der Waals surface area (Å²) in [5, 5.41) is 0. The van der Waals surface area contributed by atoms with Gasteiger partial charge < -0.3 is 4.74 Å². The van der Waals surface area contributed by atoms with Crippen LogP contribution in [0.15, 0.2) is 42.5 Å². The largest absolute Gasteiger partial charge is 0.496 e. The third-order valence-corrected chi connectivity index (χ3v) is 2.98. The molecule has 0 bridgehead atoms. The molecule has 0 radical (unpaired) electrons. The molecule has 0 aliphatic heterocycles. The fourth-order valence-electron chi connectivity index (χ4n) is 2.30. The third-order valence-electron chi connectivity index (χ3n) is 2.98. The molecular weight excluding hydrogens is 208 g/mol. The molecule has 0 unspecified atom stereocenters. The van der Waals surface area contributed by atoms with Crippen molar-refractivity contribution in [3.8, 4) is 5.75 Å². The predicted molar refractivity (Wildman–Crippen MR) is 71.7 cm³/mol. The van der Waals surface area contributed by atoms with Crippen molar-refractivity contribution in [2.45, 2.75) is 20.3 Å². The Bertz CT molecular complexity index is 477. The van der Waals surface area contributed by atoms with E-state index in [-0.39, 0.29) is 0 Å². The second-order valence-electron chi connectivity index (χ2n) is 4.43. The minimum absolute atomic E-state index is 0.979. The standard InChI is InChI=1S/C16H18O/c1-12-9-15(10-13(2)16(12)17-3)11-14-7-5-4-6-8-14/h4-10H,11H2,1-3H3. The van der Waals surface area contributed by atoms with Crippen LogP contribution in [0.5, 0.6) is 5.75 Å². The molecule has 1 heteroatoms. The number of hydrogen-bond donors (Lipinski definition) is 0. The molecule has 2 rings (SSSR count). The summed E-state index contributed by atoms with van der Waals surface area (Å²) in [5.41, 5.74) is 5.10. The average molecular weight is 226 g/mol. The lowest BCUT2D eigenvalue weighted by atomic mass is 10.00. The van der Waals surface area contributed by atoms with Gasteiger partial charge in [0.15, 0.2) is 0 Å². The van der Waals surface area contributed by atoms with Gasteiger partial charge in [0.25, 0.3) is 0 Å². The summed E-state index contributed by atoms with van der Waals surface area (Å²) in [6, 6.07) is 15.0. The van der Waals surface area contributed by atoms with Crippen molar-refractivity contribution in [3.63, 3.8) is 0 Å². The Labute approximate surface area is 103 Å². The smallest absolute Gasteiger partial charge is 0.124 e. The first-order valence-electron chi connectivity index (χ1n) is 5.88. The maximum absolute atomic E-state index is 5.38. The molecule has 0 N–H and O–H groups in total. The molecule has 2 aromatic rings. The zero-order valence-electron chi connectivity index (χ0n) is 10.7. The van der Waals surface area contributed by atoms with Crippen LogP contribution in [0.3, 0.4) is 0 Å². The Morgan fingerprint density at radius 3 is 2.00 bits per heavy atom. The van der Waals surface area contributed by atoms with Crippen molar-refractivity contribution in [1.82, 2.24) is 0 Å². The van der Waals surface area contributed by atoms with Gasteiger partial charge in [0, 0.05) is 0 Å². The lowest BCUT2D eigenvalue weighted by Gasteiger charge is -2.11. The lowest BCUT2D eigenvalue weighted by Crippen LogP contribution is -1.95. The second-order valence-corrected chi connectivity index (χ2v) is 4.43. The molecule has 0 spiro atoms. The molecule has 0 saturated heterocycles. The van der Waals surface area contributed by atoms with E-state index in [0.717, 1.165) is 12.2 Å². The van der Waals surface area contributed by atoms with Gasteiger partial charge in [0.1, 0.15) is 5.75 Å². The van der Waals surface area contributed by atoms with Crippen molar-refractivity contribution in [2.75, 3.05) is 7.11 Å². The SMILES string of the molecule is COc1c(C)cc(Cc2ccccc2)cc1C. The zero-order valence-corrected chi connectivity index (χ0v) is 10.7. The van der Waals surface area contributed by atoms with E-state index in [1.54, 1.807) is 7.11 Å². The van der Waals surface area contributed by atoms with Gasteiger partial charge in [0.05, 0.1) is 7.11 Å². The van der Waals surface area contributed by atoms with Crippen molar-refractivity contribution in [3.05, 3.63) is 64.7 Å². The quantitative estimate of drug-likeness (QED) is 0.771. The van der Waals surface area contributed by atoms with Crippen LogP contribution < -0.4 is 4.74 Å². The highest BCUT2D eigenvalue weighted by Crippen LogP contribution is 2.25. The minimum Gasteiger partial charge on any atom is -0.496 e. The van der Waals surface area contributed by atoms with Crippen molar-refractivity contribution in [1.29, 1.82) is 0 Å². The van der Waals surface area contributed by atoms with Gasteiger partial charge in [-0.15, -0.1) is 0 Å². The summed E-state index contributed by atoms with van der Waals surface area (Å²) in [5.74, 6) is 1.00. The second kappa shape index (κ2) is 5.05. The van der Waals surface area contributed by atoms with Crippen LogP contribution in [-0.4, -0.2) is 7.11 Å². The summed E-state index contributed by atoms with van der Waals surface area (Å²) >= 11 is 0. The highest BCUT2D eigenvalue weighted by atomic mass is 16.5. The summed E-state index contributed by atoms with van der Waals surface area (Å²) in [7, 11) is 1.73. The molecular formula is C16H18O. The lowest BCUT2D eigenvalue weighted by molar-refractivity contribution is 0.408. The molecule has 0 aromatic heterocycles. The predicted octanol–water partition coefficient (Wildman–Crippen LogP) is 3.90. The van der Waals surface area contributed by atoms with Gasteiger partial charge in [-0.3, -0.25) is 0 Å². The number of hydrogen-bond acceptors (Lipinski definition) is 1. The molecule has 0 amide bonds. The molecule has 0 fully saturated rings. The Kier molecular flexibility index (Phi) is 3.48. The van der Waals surface area contributed by atoms with E-state index in [4.69, 9.17) is 4.74 Å². The molecule has 2 aromatic carbocycles. The van der Waals surface area contributed by atoms with E-state index in [1.165, 1.54) is 22.3 Å². The molecule has 1 nitrogen and oxygen atoms in total. The molecule has 17 heavy (non-hydrogen) atoms. The normalized spacial score (nSPS) is 10.3. The van der Waals surface area contributed by atoms with Crippen LogP contribution in [0, 0.1) is 13.8 Å². The Morgan fingerprint density at radius 2 is 1.47 bits per heavy atom. The van der Waals surface area contributed by atoms with E-state index < -0.39 is 0 Å². The number of aryl methyl sites for hydroxylation is 2. The molecule has 0 aliphatic carbocycles. The topological polar surface area (TPSA) is 9.23 Å². The first kappa shape index (κ1) is 11.7. The summed E-state index contributed by atoms with van der Waals surface area (Å²) in [6.45, 7) is 4.20. The van der Waals surface area contributed by atoms with Crippen molar-refractivity contribution >= 4 is 0 Å². The molecule has 0 aliphatic rings. The number of ether oxygens (including phenoxy) is 1. The first-order chi connectivity index (χ1) is 8.20. The van der Waals surface area contributed by atoms with Gasteiger partial charge >= 0.3 is 0 Å². The summed E-state index contributed by atoms with van der Waals surface area (Å²) in [4.78, 5) is 0. The fraction of sp³-hybridized carbons (Fsp3) is 0.250. The van der Waals surface area contributed by atoms with E-state index in [2.05, 4.69) is 50.2 Å². The van der Waals surface area contributed by atoms with E-state index in [1.807, 2.05) is 6.07 Å². The third kappa shape index (κ3) is 2.68. The van der Waals surface area contributed by atoms with Crippen molar-refractivity contribution in [2.24, 2.45) is 0 Å². The summed E-state index contributed by atoms with van der Waals surface area (Å²) in [6.07, 6.45) is 0.979. The van der Waals surface area contributed by atoms with Gasteiger partial charge in [-0.05, 0) is 42.5 Å². The van der Waals surface area contributed by atoms with Crippen LogP contribution in [0.1, 0.15) is 22.3 Å². The average Bonchev–Trinajstić information content (AvgIpc) is 2.30. The maximum atomic E-state index is 5.38. The number of rotatable bonds is 3. The monoisotopic (exact) mass is 226 g/mol. The van der Waals surface area contributed by atoms with Gasteiger partial charge in [-0.25, -0.2) is 0 Å². The van der Waals surface area contributed by atoms with Crippen LogP contribution in [0.4, 0.5) is 0 Å². The van der Waals surface area contributed by atoms with Crippen LogP contribution in [0.2, 0.25) is 0 Å². The Balaban J connectivity index is 2.29. The molecule has 0 heterocycles. The van der Waals surface area contributed by atoms with Gasteiger partial charge in [0.2, 0.25) is 0 Å². The van der Waals surface area contributed by atoms with Gasteiger partial charge in [-0.2, -0.15) is 0 Å². The highest BCUT2D eigenvalue weighted by molar-refractivity contribution is 5.44. The Hall–Kier alpha value is -1.76.